The van der Waals surface area contributed by atoms with Crippen molar-refractivity contribution in [1.29, 1.82) is 0 Å². The van der Waals surface area contributed by atoms with Crippen molar-refractivity contribution in [3.05, 3.63) is 12.2 Å². The van der Waals surface area contributed by atoms with Crippen molar-refractivity contribution in [1.82, 2.24) is 0 Å². The maximum absolute atomic E-state index is 11.6. The normalized spacial score (nSPS) is 13.5. The second kappa shape index (κ2) is 34.3. The van der Waals surface area contributed by atoms with Crippen molar-refractivity contribution < 1.29 is 28.8 Å². The third-order valence-corrected chi connectivity index (χ3v) is 10.2. The van der Waals surface area contributed by atoms with Crippen molar-refractivity contribution in [2.75, 3.05) is 33.0 Å². The maximum atomic E-state index is 11.6. The largest absolute Gasteiger partial charge is 0.460 e. The van der Waals surface area contributed by atoms with Crippen molar-refractivity contribution in [2.24, 2.45) is 16.7 Å². The predicted octanol–water partition coefficient (Wildman–Crippen LogP) is 13.7. The van der Waals surface area contributed by atoms with Gasteiger partial charge < -0.3 is 24.1 Å². The number of rotatable bonds is 38. The van der Waals surface area contributed by atoms with Crippen LogP contribution in [0, 0.1) is 16.7 Å². The second-order valence-electron chi connectivity index (χ2n) is 18.6. The quantitative estimate of drug-likeness (QED) is 0.0293. The molecule has 0 rings (SSSR count). The lowest BCUT2D eigenvalue weighted by Gasteiger charge is -2.28. The van der Waals surface area contributed by atoms with Crippen LogP contribution in [-0.4, -0.2) is 56.5 Å². The summed E-state index contributed by atoms with van der Waals surface area (Å²) in [7, 11) is 0. The summed E-state index contributed by atoms with van der Waals surface area (Å²) in [6, 6.07) is 0. The van der Waals surface area contributed by atoms with Crippen LogP contribution >= 0.6 is 0 Å². The predicted molar refractivity (Wildman–Crippen MR) is 226 cm³/mol. The van der Waals surface area contributed by atoms with Crippen molar-refractivity contribution in [3.8, 4) is 0 Å². The number of aliphatic hydroxyl groups excluding tert-OH is 1. The monoisotopic (exact) mass is 753 g/mol. The van der Waals surface area contributed by atoms with Gasteiger partial charge in [-0.1, -0.05) is 177 Å². The third-order valence-electron chi connectivity index (χ3n) is 10.2. The molecule has 0 fully saturated rings. The van der Waals surface area contributed by atoms with E-state index in [2.05, 4.69) is 55.0 Å². The molecule has 0 heterocycles. The molecule has 6 nitrogen and oxygen atoms in total. The van der Waals surface area contributed by atoms with Gasteiger partial charge in [0.2, 0.25) is 0 Å². The van der Waals surface area contributed by atoms with E-state index in [1.165, 1.54) is 135 Å². The lowest BCUT2D eigenvalue weighted by atomic mass is 9.89. The highest BCUT2D eigenvalue weighted by Crippen LogP contribution is 2.26. The number of unbranched alkanes of at least 4 members (excludes halogenated alkanes) is 18. The van der Waals surface area contributed by atoms with Crippen LogP contribution in [0.2, 0.25) is 0 Å². The van der Waals surface area contributed by atoms with Crippen LogP contribution in [0.15, 0.2) is 12.2 Å². The van der Waals surface area contributed by atoms with E-state index in [-0.39, 0.29) is 19.5 Å². The van der Waals surface area contributed by atoms with Gasteiger partial charge in [-0.2, -0.15) is 0 Å². The summed E-state index contributed by atoms with van der Waals surface area (Å²) in [6.45, 7) is 23.7. The number of hydrogen-bond acceptors (Lipinski definition) is 6. The Morgan fingerprint density at radius 2 is 0.981 bits per heavy atom. The van der Waals surface area contributed by atoms with Gasteiger partial charge in [0.25, 0.3) is 0 Å². The smallest absolute Gasteiger partial charge is 0.333 e. The lowest BCUT2D eigenvalue weighted by Crippen LogP contribution is -2.29. The zero-order valence-corrected chi connectivity index (χ0v) is 36.8. The van der Waals surface area contributed by atoms with Gasteiger partial charge in [-0.3, -0.25) is 0 Å². The van der Waals surface area contributed by atoms with Gasteiger partial charge in [-0.25, -0.2) is 4.79 Å². The molecule has 0 aliphatic rings. The van der Waals surface area contributed by atoms with Crippen LogP contribution in [0.25, 0.3) is 0 Å². The molecule has 0 radical (unpaired) electrons. The van der Waals surface area contributed by atoms with E-state index in [0.29, 0.717) is 28.9 Å². The first kappa shape index (κ1) is 52.0. The van der Waals surface area contributed by atoms with E-state index >= 15 is 0 Å². The highest BCUT2D eigenvalue weighted by Gasteiger charge is 2.23. The summed E-state index contributed by atoms with van der Waals surface area (Å²) in [4.78, 5) is 11.6. The molecule has 316 valence electrons. The number of hydrogen-bond donors (Lipinski definition) is 1. The summed E-state index contributed by atoms with van der Waals surface area (Å²) >= 11 is 0. The number of esters is 1. The van der Waals surface area contributed by atoms with Gasteiger partial charge in [-0.15, -0.1) is 0 Å². The zero-order valence-electron chi connectivity index (χ0n) is 36.8. The molecule has 0 bridgehead atoms. The van der Waals surface area contributed by atoms with E-state index in [1.807, 2.05) is 0 Å². The molecule has 0 amide bonds. The molecule has 0 saturated heterocycles. The summed E-state index contributed by atoms with van der Waals surface area (Å²) in [5.74, 6) is -0.150. The molecule has 53 heavy (non-hydrogen) atoms. The Morgan fingerprint density at radius 1 is 0.566 bits per heavy atom. The number of aliphatic hydroxyl groups is 1. The minimum absolute atomic E-state index is 0.0786. The average Bonchev–Trinajstić information content (AvgIpc) is 3.08. The van der Waals surface area contributed by atoms with Crippen LogP contribution in [0.3, 0.4) is 0 Å². The lowest BCUT2D eigenvalue weighted by molar-refractivity contribution is -0.177. The van der Waals surface area contributed by atoms with Crippen LogP contribution < -0.4 is 0 Å². The minimum Gasteiger partial charge on any atom is -0.460 e. The molecule has 0 aliphatic carbocycles. The van der Waals surface area contributed by atoms with Crippen molar-refractivity contribution in [3.63, 3.8) is 0 Å². The summed E-state index contributed by atoms with van der Waals surface area (Å²) in [5.41, 5.74) is 1.23. The molecule has 2 atom stereocenters. The Bertz CT molecular complexity index is 794. The molecular formula is C47H92O6. The highest BCUT2D eigenvalue weighted by molar-refractivity contribution is 5.86. The fourth-order valence-electron chi connectivity index (χ4n) is 6.79. The van der Waals surface area contributed by atoms with Gasteiger partial charge in [-0.05, 0) is 62.7 Å². The average molecular weight is 753 g/mol. The van der Waals surface area contributed by atoms with Crippen LogP contribution in [0.4, 0.5) is 0 Å². The van der Waals surface area contributed by atoms with Gasteiger partial charge in [0.15, 0.2) is 6.29 Å². The van der Waals surface area contributed by atoms with Gasteiger partial charge >= 0.3 is 5.97 Å². The first-order valence-corrected chi connectivity index (χ1v) is 22.6. The van der Waals surface area contributed by atoms with E-state index in [0.717, 1.165) is 45.3 Å². The SMILES string of the molecule is C=C(C)C(=O)OCC(O)COCCCC(CCCCCCCCC)C(OCCCCCCCCCC(C)(C)C)OCCCCCCCCCC(C)(C)C. The molecule has 0 spiro atoms. The molecule has 2 unspecified atom stereocenters. The molecule has 0 aromatic rings. The molecular weight excluding hydrogens is 661 g/mol. The standard InChI is InChI=1S/C47H92O6/c1-10-11-12-13-16-21-26-32-42(33-31-36-50-39-43(48)40-53-44(49)41(2)3)45(51-37-29-24-19-14-17-22-27-34-46(4,5)6)52-38-30-25-20-15-18-23-28-35-47(7,8)9/h42-43,45,48H,2,10-40H2,1,3-9H3. The van der Waals surface area contributed by atoms with Gasteiger partial charge in [0, 0.05) is 31.3 Å². The Morgan fingerprint density at radius 3 is 1.43 bits per heavy atom. The molecule has 0 aromatic heterocycles. The van der Waals surface area contributed by atoms with Crippen molar-refractivity contribution >= 4 is 5.97 Å². The number of ether oxygens (including phenoxy) is 4. The molecule has 0 saturated carbocycles. The minimum atomic E-state index is -0.840. The molecule has 0 aliphatic heterocycles. The molecule has 1 N–H and O–H groups in total. The van der Waals surface area contributed by atoms with E-state index in [4.69, 9.17) is 18.9 Å². The fourth-order valence-corrected chi connectivity index (χ4v) is 6.79. The van der Waals surface area contributed by atoms with E-state index < -0.39 is 12.1 Å². The summed E-state index contributed by atoms with van der Waals surface area (Å²) in [5, 5.41) is 10.2. The fraction of sp³-hybridized carbons (Fsp3) is 0.936. The Hall–Kier alpha value is -0.950. The van der Waals surface area contributed by atoms with Gasteiger partial charge in [0.1, 0.15) is 12.7 Å². The highest BCUT2D eigenvalue weighted by atomic mass is 16.7. The van der Waals surface area contributed by atoms with Crippen LogP contribution in [0.1, 0.15) is 222 Å². The molecule has 0 aromatic carbocycles. The summed E-state index contributed by atoms with van der Waals surface area (Å²) in [6.07, 6.45) is 31.6. The van der Waals surface area contributed by atoms with E-state index in [9.17, 15) is 9.90 Å². The first-order valence-electron chi connectivity index (χ1n) is 22.6. The second-order valence-corrected chi connectivity index (χ2v) is 18.6. The Labute approximate surface area is 330 Å². The van der Waals surface area contributed by atoms with Crippen molar-refractivity contribution in [2.45, 2.75) is 235 Å². The topological polar surface area (TPSA) is 74.2 Å². The molecule has 6 heteroatoms. The Kier molecular flexibility index (Phi) is 33.7. The van der Waals surface area contributed by atoms with E-state index in [1.54, 1.807) is 6.92 Å². The number of carbonyl (C=O) groups is 1. The Balaban J connectivity index is 4.98. The van der Waals surface area contributed by atoms with Crippen LogP contribution in [0.5, 0.6) is 0 Å². The first-order chi connectivity index (χ1) is 25.2. The third kappa shape index (κ3) is 37.7. The van der Waals surface area contributed by atoms with Crippen LogP contribution in [-0.2, 0) is 23.7 Å². The van der Waals surface area contributed by atoms with Gasteiger partial charge in [0.05, 0.1) is 6.61 Å². The summed E-state index contributed by atoms with van der Waals surface area (Å²) < 4.78 is 24.1. The maximum Gasteiger partial charge on any atom is 0.333 e. The number of carbonyl (C=O) groups excluding carboxylic acids is 1. The zero-order chi connectivity index (χ0) is 39.6.